The Bertz CT molecular complexity index is 953. The number of halogens is 3. The van der Waals surface area contributed by atoms with Gasteiger partial charge in [0.15, 0.2) is 11.5 Å². The minimum atomic E-state index is 0.183. The molecular weight excluding hydrogens is 399 g/mol. The van der Waals surface area contributed by atoms with Crippen LogP contribution < -0.4 is 9.47 Å². The van der Waals surface area contributed by atoms with Crippen molar-refractivity contribution in [3.05, 3.63) is 57.9 Å². The maximum Gasteiger partial charge on any atom is 0.259 e. The van der Waals surface area contributed by atoms with Gasteiger partial charge < -0.3 is 13.9 Å². The van der Waals surface area contributed by atoms with Crippen LogP contribution in [0.4, 0.5) is 0 Å². The largest absolute Gasteiger partial charge is 0.493 e. The minimum absolute atomic E-state index is 0.183. The summed E-state index contributed by atoms with van der Waals surface area (Å²) in [6.45, 7) is 0. The Balaban J connectivity index is 1.91. The van der Waals surface area contributed by atoms with Crippen LogP contribution in [-0.2, 0) is 0 Å². The summed E-state index contributed by atoms with van der Waals surface area (Å²) < 4.78 is 16.1. The summed E-state index contributed by atoms with van der Waals surface area (Å²) in [4.78, 5) is 0. The zero-order valence-corrected chi connectivity index (χ0v) is 16.1. The number of hydrogen-bond donors (Lipinski definition) is 0. The van der Waals surface area contributed by atoms with E-state index in [2.05, 4.69) is 10.2 Å². The third-order valence-corrected chi connectivity index (χ3v) is 4.27. The van der Waals surface area contributed by atoms with Gasteiger partial charge in [-0.2, -0.15) is 0 Å². The molecule has 0 aliphatic rings. The van der Waals surface area contributed by atoms with Gasteiger partial charge >= 0.3 is 0 Å². The molecule has 3 rings (SSSR count). The molecule has 3 aromatic rings. The molecule has 0 unspecified atom stereocenters. The summed E-state index contributed by atoms with van der Waals surface area (Å²) in [5.41, 5.74) is 1.44. The first kappa shape index (κ1) is 18.6. The van der Waals surface area contributed by atoms with Crippen LogP contribution in [0.1, 0.15) is 11.5 Å². The Morgan fingerprint density at radius 2 is 1.77 bits per heavy atom. The highest BCUT2D eigenvalue weighted by atomic mass is 35.5. The van der Waals surface area contributed by atoms with Crippen LogP contribution in [0.15, 0.2) is 40.8 Å². The second-order valence-corrected chi connectivity index (χ2v) is 6.40. The molecule has 0 saturated carbocycles. The molecule has 0 atom stereocenters. The average Bonchev–Trinajstić information content (AvgIpc) is 3.12. The van der Waals surface area contributed by atoms with E-state index in [1.807, 2.05) is 0 Å². The van der Waals surface area contributed by atoms with Crippen molar-refractivity contribution in [3.63, 3.8) is 0 Å². The number of rotatable bonds is 5. The molecule has 2 aromatic carbocycles. The van der Waals surface area contributed by atoms with Crippen molar-refractivity contribution in [3.8, 4) is 23.0 Å². The molecule has 0 fully saturated rings. The maximum atomic E-state index is 6.32. The molecule has 0 radical (unpaired) electrons. The van der Waals surface area contributed by atoms with Gasteiger partial charge in [-0.05, 0) is 48.0 Å². The monoisotopic (exact) mass is 410 g/mol. The van der Waals surface area contributed by atoms with Crippen molar-refractivity contribution < 1.29 is 13.9 Å². The lowest BCUT2D eigenvalue weighted by Gasteiger charge is -2.10. The lowest BCUT2D eigenvalue weighted by molar-refractivity contribution is 0.355. The highest BCUT2D eigenvalue weighted by Crippen LogP contribution is 2.37. The summed E-state index contributed by atoms with van der Waals surface area (Å²) in [5.74, 6) is 1.46. The molecular formula is C18H13Cl3N2O3. The summed E-state index contributed by atoms with van der Waals surface area (Å²) in [7, 11) is 3.04. The number of aromatic nitrogens is 2. The van der Waals surface area contributed by atoms with E-state index in [1.54, 1.807) is 42.5 Å². The first-order chi connectivity index (χ1) is 12.5. The topological polar surface area (TPSA) is 57.4 Å². The van der Waals surface area contributed by atoms with Gasteiger partial charge in [0.05, 0.1) is 19.2 Å². The van der Waals surface area contributed by atoms with E-state index in [4.69, 9.17) is 48.7 Å². The smallest absolute Gasteiger partial charge is 0.259 e. The minimum Gasteiger partial charge on any atom is -0.493 e. The second-order valence-electron chi connectivity index (χ2n) is 5.15. The SMILES string of the molecule is COc1cc(/C=C(\Cl)c2nnc(-c3ccc(Cl)cc3)o2)cc(Cl)c1OC. The van der Waals surface area contributed by atoms with Crippen molar-refractivity contribution in [1.82, 2.24) is 10.2 Å². The number of benzene rings is 2. The molecule has 0 aliphatic carbocycles. The van der Waals surface area contributed by atoms with Gasteiger partial charge in [-0.25, -0.2) is 0 Å². The van der Waals surface area contributed by atoms with E-state index in [9.17, 15) is 0 Å². The highest BCUT2D eigenvalue weighted by Gasteiger charge is 2.14. The second kappa shape index (κ2) is 7.99. The first-order valence-electron chi connectivity index (χ1n) is 7.40. The van der Waals surface area contributed by atoms with Crippen LogP contribution in [-0.4, -0.2) is 24.4 Å². The van der Waals surface area contributed by atoms with Crippen LogP contribution in [0.3, 0.4) is 0 Å². The normalized spacial score (nSPS) is 11.5. The molecule has 5 nitrogen and oxygen atoms in total. The first-order valence-corrected chi connectivity index (χ1v) is 8.53. The number of ether oxygens (including phenoxy) is 2. The predicted octanol–water partition coefficient (Wildman–Crippen LogP) is 5.80. The molecule has 1 heterocycles. The molecule has 26 heavy (non-hydrogen) atoms. The highest BCUT2D eigenvalue weighted by molar-refractivity contribution is 6.50. The molecule has 1 aromatic heterocycles. The van der Waals surface area contributed by atoms with Gasteiger partial charge in [-0.1, -0.05) is 34.8 Å². The number of hydrogen-bond acceptors (Lipinski definition) is 5. The van der Waals surface area contributed by atoms with Gasteiger partial charge in [-0.3, -0.25) is 0 Å². The van der Waals surface area contributed by atoms with Gasteiger partial charge in [0.1, 0.15) is 5.03 Å². The van der Waals surface area contributed by atoms with Crippen LogP contribution in [0.5, 0.6) is 11.5 Å². The van der Waals surface area contributed by atoms with E-state index in [-0.39, 0.29) is 10.9 Å². The van der Waals surface area contributed by atoms with Crippen molar-refractivity contribution >= 4 is 45.9 Å². The van der Waals surface area contributed by atoms with Gasteiger partial charge in [0, 0.05) is 10.6 Å². The Morgan fingerprint density at radius 1 is 1.04 bits per heavy atom. The summed E-state index contributed by atoms with van der Waals surface area (Å²) in [6.07, 6.45) is 1.65. The van der Waals surface area contributed by atoms with Gasteiger partial charge in [-0.15, -0.1) is 10.2 Å². The summed E-state index contributed by atoms with van der Waals surface area (Å²) >= 11 is 18.4. The van der Waals surface area contributed by atoms with Crippen LogP contribution >= 0.6 is 34.8 Å². The maximum absolute atomic E-state index is 6.32. The third-order valence-electron chi connectivity index (χ3n) is 3.47. The zero-order valence-electron chi connectivity index (χ0n) is 13.8. The number of methoxy groups -OCH3 is 2. The molecule has 134 valence electrons. The lowest BCUT2D eigenvalue weighted by Crippen LogP contribution is -1.92. The number of nitrogens with zero attached hydrogens (tertiary/aromatic N) is 2. The zero-order chi connectivity index (χ0) is 18.7. The summed E-state index contributed by atoms with van der Waals surface area (Å²) in [6, 6.07) is 10.5. The Hall–Kier alpha value is -2.21. The fraction of sp³-hybridized carbons (Fsp3) is 0.111. The molecule has 0 bridgehead atoms. The molecule has 0 amide bonds. The fourth-order valence-corrected chi connectivity index (χ4v) is 2.88. The van der Waals surface area contributed by atoms with Crippen molar-refractivity contribution in [2.75, 3.05) is 14.2 Å². The third kappa shape index (κ3) is 3.96. The Labute approximate surface area is 165 Å². The van der Waals surface area contributed by atoms with Gasteiger partial charge in [0.2, 0.25) is 5.89 Å². The van der Waals surface area contributed by atoms with Crippen molar-refractivity contribution in [2.24, 2.45) is 0 Å². The standard InChI is InChI=1S/C18H13Cl3N2O3/c1-24-15-9-10(7-13(20)16(15)25-2)8-14(21)18-23-22-17(26-18)11-3-5-12(19)6-4-11/h3-9H,1-2H3/b14-8-. The summed E-state index contributed by atoms with van der Waals surface area (Å²) in [5, 5.41) is 9.26. The molecule has 0 aliphatic heterocycles. The van der Waals surface area contributed by atoms with Crippen LogP contribution in [0, 0.1) is 0 Å². The molecule has 0 N–H and O–H groups in total. The van der Waals surface area contributed by atoms with Crippen LogP contribution in [0.2, 0.25) is 10.0 Å². The van der Waals surface area contributed by atoms with E-state index in [0.29, 0.717) is 33.0 Å². The van der Waals surface area contributed by atoms with Gasteiger partial charge in [0.25, 0.3) is 5.89 Å². The quantitative estimate of drug-likeness (QED) is 0.531. The van der Waals surface area contributed by atoms with E-state index in [0.717, 1.165) is 5.56 Å². The lowest BCUT2D eigenvalue weighted by atomic mass is 10.2. The Kier molecular flexibility index (Phi) is 5.71. The predicted molar refractivity (Wildman–Crippen MR) is 103 cm³/mol. The average molecular weight is 412 g/mol. The van der Waals surface area contributed by atoms with Crippen molar-refractivity contribution in [2.45, 2.75) is 0 Å². The molecule has 8 heteroatoms. The van der Waals surface area contributed by atoms with E-state index in [1.165, 1.54) is 14.2 Å². The van der Waals surface area contributed by atoms with Crippen LogP contribution in [0.25, 0.3) is 22.6 Å². The van der Waals surface area contributed by atoms with E-state index < -0.39 is 0 Å². The molecule has 0 spiro atoms. The van der Waals surface area contributed by atoms with E-state index >= 15 is 0 Å². The Morgan fingerprint density at radius 3 is 2.42 bits per heavy atom. The fourth-order valence-electron chi connectivity index (χ4n) is 2.26. The molecule has 0 saturated heterocycles. The van der Waals surface area contributed by atoms with Crippen molar-refractivity contribution in [1.29, 1.82) is 0 Å².